The van der Waals surface area contributed by atoms with Gasteiger partial charge in [-0.05, 0) is 80.7 Å². The molecule has 2 aromatic carbocycles. The quantitative estimate of drug-likeness (QED) is 0.582. The summed E-state index contributed by atoms with van der Waals surface area (Å²) < 4.78 is 34.8. The Balaban J connectivity index is 1.42. The number of fused-ring (bicyclic) bond motifs is 1. The van der Waals surface area contributed by atoms with Crippen molar-refractivity contribution in [3.8, 4) is 11.4 Å². The number of amides is 1. The highest BCUT2D eigenvalue weighted by atomic mass is 32.2. The van der Waals surface area contributed by atoms with E-state index in [1.165, 1.54) is 11.6 Å². The van der Waals surface area contributed by atoms with Crippen molar-refractivity contribution in [1.82, 2.24) is 15.0 Å². The third-order valence-electron chi connectivity index (χ3n) is 6.63. The number of hydrogen-bond acceptors (Lipinski definition) is 6. The van der Waals surface area contributed by atoms with Crippen molar-refractivity contribution < 1.29 is 17.7 Å². The number of piperidine rings is 1. The molecule has 0 radical (unpaired) electrons. The second kappa shape index (κ2) is 9.21. The number of hydrogen-bond donors (Lipinski definition) is 1. The molecule has 0 bridgehead atoms. The van der Waals surface area contributed by atoms with Crippen molar-refractivity contribution in [2.45, 2.75) is 56.8 Å². The number of rotatable bonds is 5. The highest BCUT2D eigenvalue weighted by molar-refractivity contribution is 7.92. The van der Waals surface area contributed by atoms with Gasteiger partial charge in [-0.25, -0.2) is 8.42 Å². The van der Waals surface area contributed by atoms with Crippen molar-refractivity contribution in [3.63, 3.8) is 0 Å². The first-order valence-corrected chi connectivity index (χ1v) is 13.3. The second-order valence-corrected chi connectivity index (χ2v) is 10.7. The lowest BCUT2D eigenvalue weighted by Crippen LogP contribution is -2.35. The van der Waals surface area contributed by atoms with Gasteiger partial charge in [0.1, 0.15) is 0 Å². The zero-order chi connectivity index (χ0) is 23.7. The van der Waals surface area contributed by atoms with Crippen LogP contribution in [0.25, 0.3) is 11.4 Å². The summed E-state index contributed by atoms with van der Waals surface area (Å²) in [4.78, 5) is 18.8. The summed E-state index contributed by atoms with van der Waals surface area (Å²) >= 11 is 0. The molecule has 2 aliphatic rings. The molecule has 2 heterocycles. The molecule has 1 amide bonds. The van der Waals surface area contributed by atoms with E-state index in [9.17, 15) is 13.2 Å². The first-order chi connectivity index (χ1) is 16.4. The minimum absolute atomic E-state index is 0.0732. The summed E-state index contributed by atoms with van der Waals surface area (Å²) in [6.07, 6.45) is 7.04. The number of carbonyl (C=O) groups excluding carboxylic acids is 1. The Morgan fingerprint density at radius 1 is 1.03 bits per heavy atom. The molecule has 8 nitrogen and oxygen atoms in total. The smallest absolute Gasteiger partial charge is 0.316 e. The van der Waals surface area contributed by atoms with Crippen LogP contribution < -0.4 is 4.72 Å². The van der Waals surface area contributed by atoms with Gasteiger partial charge in [0.15, 0.2) is 0 Å². The topological polar surface area (TPSA) is 105 Å². The van der Waals surface area contributed by atoms with Crippen LogP contribution in [0, 0.1) is 6.92 Å². The maximum Gasteiger partial charge on any atom is 0.316 e. The van der Waals surface area contributed by atoms with Crippen molar-refractivity contribution >= 4 is 21.6 Å². The molecule has 0 unspecified atom stereocenters. The molecule has 1 saturated heterocycles. The fraction of sp³-hybridized carbons (Fsp3) is 0.400. The maximum atomic E-state index is 13.4. The Morgan fingerprint density at radius 2 is 1.82 bits per heavy atom. The fourth-order valence-corrected chi connectivity index (χ4v) is 6.13. The number of benzene rings is 2. The number of carbonyl (C=O) groups is 1. The molecule has 1 aromatic heterocycles. The van der Waals surface area contributed by atoms with E-state index in [4.69, 9.17) is 4.52 Å². The minimum atomic E-state index is -3.85. The van der Waals surface area contributed by atoms with Crippen molar-refractivity contribution in [2.75, 3.05) is 17.8 Å². The Kier molecular flexibility index (Phi) is 6.12. The van der Waals surface area contributed by atoms with E-state index in [2.05, 4.69) is 20.9 Å². The lowest BCUT2D eigenvalue weighted by Gasteiger charge is -2.24. The van der Waals surface area contributed by atoms with Crippen LogP contribution in [0.3, 0.4) is 0 Å². The summed E-state index contributed by atoms with van der Waals surface area (Å²) in [6.45, 7) is 3.11. The van der Waals surface area contributed by atoms with Gasteiger partial charge in [-0.2, -0.15) is 4.98 Å². The van der Waals surface area contributed by atoms with E-state index in [0.717, 1.165) is 50.5 Å². The Morgan fingerprint density at radius 3 is 2.65 bits per heavy atom. The molecule has 5 rings (SSSR count). The Bertz CT molecular complexity index is 1330. The van der Waals surface area contributed by atoms with Crippen LogP contribution in [0.1, 0.15) is 59.5 Å². The summed E-state index contributed by atoms with van der Waals surface area (Å²) in [5.41, 5.74) is 3.99. The van der Waals surface area contributed by atoms with E-state index >= 15 is 0 Å². The van der Waals surface area contributed by atoms with Crippen LogP contribution in [-0.2, 0) is 22.9 Å². The summed E-state index contributed by atoms with van der Waals surface area (Å²) in [5, 5.41) is 3.95. The summed E-state index contributed by atoms with van der Waals surface area (Å²) in [5.74, 6) is -0.168. The number of sulfonamides is 1. The summed E-state index contributed by atoms with van der Waals surface area (Å²) in [7, 11) is -3.85. The van der Waals surface area contributed by atoms with Crippen LogP contribution >= 0.6 is 0 Å². The number of aryl methyl sites for hydroxylation is 2. The van der Waals surface area contributed by atoms with Crippen LogP contribution in [0.2, 0.25) is 0 Å². The lowest BCUT2D eigenvalue weighted by molar-refractivity contribution is 0.0674. The molecule has 9 heteroatoms. The number of nitrogens with one attached hydrogen (secondary N) is 1. The number of anilines is 1. The highest BCUT2D eigenvalue weighted by Crippen LogP contribution is 2.31. The van der Waals surface area contributed by atoms with Gasteiger partial charge in [-0.3, -0.25) is 9.52 Å². The second-order valence-electron chi connectivity index (χ2n) is 9.01. The third kappa shape index (κ3) is 4.44. The molecule has 1 fully saturated rings. The zero-order valence-corrected chi connectivity index (χ0v) is 20.0. The molecular formula is C25H28N4O4S. The fourth-order valence-electron chi connectivity index (χ4n) is 4.77. The Labute approximate surface area is 199 Å². The third-order valence-corrected chi connectivity index (χ3v) is 8.14. The predicted molar refractivity (Wildman–Crippen MR) is 128 cm³/mol. The van der Waals surface area contributed by atoms with E-state index in [1.807, 2.05) is 12.1 Å². The van der Waals surface area contributed by atoms with Crippen molar-refractivity contribution in [2.24, 2.45) is 0 Å². The molecular weight excluding hydrogens is 452 g/mol. The van der Waals surface area contributed by atoms with Gasteiger partial charge in [0.2, 0.25) is 5.82 Å². The molecule has 1 aliphatic carbocycles. The van der Waals surface area contributed by atoms with Crippen LogP contribution in [0.15, 0.2) is 45.8 Å². The molecule has 0 atom stereocenters. The minimum Gasteiger partial charge on any atom is -0.334 e. The largest absolute Gasteiger partial charge is 0.334 e. The predicted octanol–water partition coefficient (Wildman–Crippen LogP) is 4.35. The van der Waals surface area contributed by atoms with E-state index in [0.29, 0.717) is 29.9 Å². The standard InChI is InChI=1S/C25H28N4O4S/c1-17-12-13-19(23-26-24(33-27-23)25(30)29-14-5-2-6-15-29)16-22(17)34(31,32)28-21-11-7-9-18-8-3-4-10-20(18)21/h7,9,11-13,16,28H,2-6,8,10,14-15H2,1H3. The average Bonchev–Trinajstić information content (AvgIpc) is 3.35. The molecule has 1 N–H and O–H groups in total. The Hall–Kier alpha value is -3.20. The number of aromatic nitrogens is 2. The van der Waals surface area contributed by atoms with E-state index in [-0.39, 0.29) is 22.5 Å². The molecule has 3 aromatic rings. The van der Waals surface area contributed by atoms with Crippen LogP contribution in [0.5, 0.6) is 0 Å². The summed E-state index contributed by atoms with van der Waals surface area (Å²) in [6, 6.07) is 10.8. The normalized spacial score (nSPS) is 16.2. The van der Waals surface area contributed by atoms with Gasteiger partial charge in [-0.15, -0.1) is 0 Å². The monoisotopic (exact) mass is 480 g/mol. The van der Waals surface area contributed by atoms with Crippen molar-refractivity contribution in [1.29, 1.82) is 0 Å². The van der Waals surface area contributed by atoms with Crippen molar-refractivity contribution in [3.05, 3.63) is 59.0 Å². The molecule has 178 valence electrons. The number of nitrogens with zero attached hydrogens (tertiary/aromatic N) is 3. The van der Waals surface area contributed by atoms with Crippen LogP contribution in [0.4, 0.5) is 5.69 Å². The molecule has 34 heavy (non-hydrogen) atoms. The van der Waals surface area contributed by atoms with Gasteiger partial charge in [-0.1, -0.05) is 29.4 Å². The first kappa shape index (κ1) is 22.6. The van der Waals surface area contributed by atoms with Crippen LogP contribution in [-0.4, -0.2) is 42.5 Å². The molecule has 0 spiro atoms. The van der Waals surface area contributed by atoms with E-state index in [1.54, 1.807) is 24.0 Å². The molecule has 0 saturated carbocycles. The highest BCUT2D eigenvalue weighted by Gasteiger charge is 2.25. The van der Waals surface area contributed by atoms with Gasteiger partial charge in [0.25, 0.3) is 10.0 Å². The SMILES string of the molecule is Cc1ccc(-c2noc(C(=O)N3CCCCC3)n2)cc1S(=O)(=O)Nc1cccc2c1CCCC2. The average molecular weight is 481 g/mol. The van der Waals surface area contributed by atoms with Gasteiger partial charge >= 0.3 is 11.8 Å². The van der Waals surface area contributed by atoms with Gasteiger partial charge in [0, 0.05) is 18.7 Å². The van der Waals surface area contributed by atoms with Gasteiger partial charge < -0.3 is 9.42 Å². The number of likely N-dealkylation sites (tertiary alicyclic amines) is 1. The van der Waals surface area contributed by atoms with Gasteiger partial charge in [0.05, 0.1) is 10.6 Å². The van der Waals surface area contributed by atoms with E-state index < -0.39 is 10.0 Å². The maximum absolute atomic E-state index is 13.4. The molecule has 1 aliphatic heterocycles. The zero-order valence-electron chi connectivity index (χ0n) is 19.2. The lowest BCUT2D eigenvalue weighted by atomic mass is 9.91. The first-order valence-electron chi connectivity index (χ1n) is 11.8.